The molecule has 1 aliphatic heterocycles. The van der Waals surface area contributed by atoms with Gasteiger partial charge in [-0.05, 0) is 55.5 Å². The van der Waals surface area contributed by atoms with Crippen molar-refractivity contribution in [2.45, 2.75) is 38.4 Å². The van der Waals surface area contributed by atoms with Gasteiger partial charge in [-0.25, -0.2) is 0 Å². The fourth-order valence-corrected chi connectivity index (χ4v) is 4.25. The van der Waals surface area contributed by atoms with Gasteiger partial charge in [-0.3, -0.25) is 9.59 Å². The van der Waals surface area contributed by atoms with Crippen LogP contribution in [-0.2, 0) is 22.6 Å². The van der Waals surface area contributed by atoms with Crippen LogP contribution in [0.15, 0.2) is 60.7 Å². The molecule has 3 aromatic carbocycles. The van der Waals surface area contributed by atoms with Gasteiger partial charge in [0.15, 0.2) is 0 Å². The summed E-state index contributed by atoms with van der Waals surface area (Å²) in [4.78, 5) is 27.9. The van der Waals surface area contributed by atoms with Crippen LogP contribution in [0.3, 0.4) is 0 Å². The zero-order valence-corrected chi connectivity index (χ0v) is 19.5. The van der Waals surface area contributed by atoms with Crippen molar-refractivity contribution in [1.29, 1.82) is 5.26 Å². The summed E-state index contributed by atoms with van der Waals surface area (Å²) in [5.74, 6) is -0.341. The van der Waals surface area contributed by atoms with Crippen molar-refractivity contribution >= 4 is 40.7 Å². The van der Waals surface area contributed by atoms with Gasteiger partial charge in [-0.15, -0.1) is 12.4 Å². The number of carbonyl (C=O) groups is 2. The fraction of sp³-hybridized carbons (Fsp3) is 0.269. The molecule has 0 spiro atoms. The third kappa shape index (κ3) is 4.85. The van der Waals surface area contributed by atoms with E-state index in [1.54, 1.807) is 24.9 Å². The van der Waals surface area contributed by atoms with Crippen LogP contribution >= 0.6 is 12.4 Å². The largest absolute Gasteiger partial charge is 0.343 e. The molecular weight excluding hydrogens is 436 g/mol. The smallest absolute Gasteiger partial charge is 0.249 e. The third-order valence-corrected chi connectivity index (χ3v) is 6.13. The first-order valence-electron chi connectivity index (χ1n) is 10.8. The van der Waals surface area contributed by atoms with Crippen LogP contribution in [-0.4, -0.2) is 30.9 Å². The van der Waals surface area contributed by atoms with Gasteiger partial charge in [0, 0.05) is 11.1 Å². The molecule has 0 fully saturated rings. The highest BCUT2D eigenvalue weighted by Crippen LogP contribution is 2.31. The number of carbonyl (C=O) groups excluding carboxylic acids is 2. The van der Waals surface area contributed by atoms with E-state index < -0.39 is 12.1 Å². The molecule has 1 aliphatic rings. The normalized spacial score (nSPS) is 16.2. The van der Waals surface area contributed by atoms with Crippen LogP contribution in [0.1, 0.15) is 30.0 Å². The predicted molar refractivity (Wildman–Crippen MR) is 132 cm³/mol. The number of aryl methyl sites for hydroxylation is 1. The highest BCUT2D eigenvalue weighted by atomic mass is 35.5. The monoisotopic (exact) mass is 462 g/mol. The van der Waals surface area contributed by atoms with Crippen molar-refractivity contribution in [2.24, 2.45) is 0 Å². The van der Waals surface area contributed by atoms with Crippen molar-refractivity contribution in [3.05, 3.63) is 77.4 Å². The second kappa shape index (κ2) is 10.5. The van der Waals surface area contributed by atoms with E-state index in [1.807, 2.05) is 54.6 Å². The number of hydrogen-bond acceptors (Lipinski definition) is 4. The Bertz CT molecular complexity index is 1220. The summed E-state index contributed by atoms with van der Waals surface area (Å²) in [6.45, 7) is 2.09. The number of benzene rings is 3. The van der Waals surface area contributed by atoms with Crippen molar-refractivity contribution in [2.75, 3.05) is 11.9 Å². The molecule has 0 aromatic heterocycles. The number of para-hydroxylation sites is 1. The standard InChI is InChI=1S/C26H26N4O2.ClH/c1-17(28-2)25(31)29-22-14-13-18-7-3-4-12-23(18)30(26(22)32)16-21-11-6-9-19-8-5-10-20(15-27)24(19)21;/h3-12,17,22,28H,13-14,16H2,1-2H3,(H,29,31);1H/t17-,22-;/m0./s1. The van der Waals surface area contributed by atoms with E-state index in [0.717, 1.165) is 27.6 Å². The van der Waals surface area contributed by atoms with Crippen LogP contribution in [0.25, 0.3) is 10.8 Å². The molecule has 0 radical (unpaired) electrons. The molecule has 4 rings (SSSR count). The number of nitrogens with zero attached hydrogens (tertiary/aromatic N) is 2. The fourth-order valence-electron chi connectivity index (χ4n) is 4.25. The summed E-state index contributed by atoms with van der Waals surface area (Å²) in [7, 11) is 1.72. The van der Waals surface area contributed by atoms with Crippen LogP contribution in [0.5, 0.6) is 0 Å². The predicted octanol–water partition coefficient (Wildman–Crippen LogP) is 3.71. The molecule has 3 aromatic rings. The van der Waals surface area contributed by atoms with Crippen LogP contribution in [0.4, 0.5) is 5.69 Å². The van der Waals surface area contributed by atoms with Crippen molar-refractivity contribution < 1.29 is 9.59 Å². The van der Waals surface area contributed by atoms with Gasteiger partial charge in [-0.1, -0.05) is 48.5 Å². The minimum absolute atomic E-state index is 0. The highest BCUT2D eigenvalue weighted by molar-refractivity contribution is 6.01. The molecule has 0 aliphatic carbocycles. The molecule has 0 unspecified atom stereocenters. The number of amides is 2. The van der Waals surface area contributed by atoms with Gasteiger partial charge in [-0.2, -0.15) is 5.26 Å². The van der Waals surface area contributed by atoms with Crippen LogP contribution < -0.4 is 15.5 Å². The van der Waals surface area contributed by atoms with E-state index in [-0.39, 0.29) is 24.2 Å². The Morgan fingerprint density at radius 2 is 1.88 bits per heavy atom. The number of nitrogens with one attached hydrogen (secondary N) is 2. The first-order valence-corrected chi connectivity index (χ1v) is 10.8. The number of likely N-dealkylation sites (N-methyl/N-ethyl adjacent to an activating group) is 1. The number of hydrogen-bond donors (Lipinski definition) is 2. The molecule has 2 amide bonds. The summed E-state index contributed by atoms with van der Waals surface area (Å²) >= 11 is 0. The maximum Gasteiger partial charge on any atom is 0.249 e. The van der Waals surface area contributed by atoms with Crippen LogP contribution in [0, 0.1) is 11.3 Å². The van der Waals surface area contributed by atoms with Crippen molar-refractivity contribution in [3.8, 4) is 6.07 Å². The highest BCUT2D eigenvalue weighted by Gasteiger charge is 2.32. The lowest BCUT2D eigenvalue weighted by Crippen LogP contribution is -2.52. The molecule has 7 heteroatoms. The van der Waals surface area contributed by atoms with Gasteiger partial charge < -0.3 is 15.5 Å². The average Bonchev–Trinajstić information content (AvgIpc) is 2.95. The van der Waals surface area contributed by atoms with Gasteiger partial charge >= 0.3 is 0 Å². The molecule has 170 valence electrons. The Labute approximate surface area is 200 Å². The van der Waals surface area contributed by atoms with E-state index in [1.165, 1.54) is 0 Å². The number of fused-ring (bicyclic) bond motifs is 2. The molecule has 33 heavy (non-hydrogen) atoms. The minimum Gasteiger partial charge on any atom is -0.343 e. The third-order valence-electron chi connectivity index (χ3n) is 6.13. The zero-order chi connectivity index (χ0) is 22.7. The Hall–Kier alpha value is -3.40. The Morgan fingerprint density at radius 3 is 2.61 bits per heavy atom. The second-order valence-electron chi connectivity index (χ2n) is 8.10. The second-order valence-corrected chi connectivity index (χ2v) is 8.10. The van der Waals surface area contributed by atoms with Gasteiger partial charge in [0.25, 0.3) is 0 Å². The molecule has 2 N–H and O–H groups in total. The lowest BCUT2D eigenvalue weighted by atomic mass is 9.99. The lowest BCUT2D eigenvalue weighted by Gasteiger charge is -2.27. The molecule has 1 heterocycles. The molecule has 0 saturated carbocycles. The van der Waals surface area contributed by atoms with Crippen LogP contribution in [0.2, 0.25) is 0 Å². The van der Waals surface area contributed by atoms with Gasteiger partial charge in [0.05, 0.1) is 24.2 Å². The van der Waals surface area contributed by atoms with E-state index in [9.17, 15) is 14.9 Å². The summed E-state index contributed by atoms with van der Waals surface area (Å²) in [5, 5.41) is 17.3. The Kier molecular flexibility index (Phi) is 7.70. The van der Waals surface area contributed by atoms with Gasteiger partial charge in [0.1, 0.15) is 6.04 Å². The van der Waals surface area contributed by atoms with Crippen molar-refractivity contribution in [3.63, 3.8) is 0 Å². The topological polar surface area (TPSA) is 85.2 Å². The average molecular weight is 463 g/mol. The number of anilines is 1. The lowest BCUT2D eigenvalue weighted by molar-refractivity contribution is -0.128. The zero-order valence-electron chi connectivity index (χ0n) is 18.7. The number of rotatable bonds is 5. The van der Waals surface area contributed by atoms with E-state index in [0.29, 0.717) is 24.9 Å². The SMILES string of the molecule is CN[C@@H](C)C(=O)N[C@H]1CCc2ccccc2N(Cc2cccc3cccc(C#N)c23)C1=O.Cl. The molecular formula is C26H27ClN4O2. The van der Waals surface area contributed by atoms with E-state index in [4.69, 9.17) is 0 Å². The number of nitriles is 1. The first-order chi connectivity index (χ1) is 15.5. The maximum absolute atomic E-state index is 13.7. The summed E-state index contributed by atoms with van der Waals surface area (Å²) in [6, 6.07) is 20.6. The van der Waals surface area contributed by atoms with Crippen molar-refractivity contribution in [1.82, 2.24) is 10.6 Å². The summed E-state index contributed by atoms with van der Waals surface area (Å²) in [5.41, 5.74) is 3.40. The summed E-state index contributed by atoms with van der Waals surface area (Å²) < 4.78 is 0. The van der Waals surface area contributed by atoms with E-state index in [2.05, 4.69) is 16.7 Å². The number of halogens is 1. The Balaban J connectivity index is 0.00000306. The molecule has 2 atom stereocenters. The van der Waals surface area contributed by atoms with E-state index >= 15 is 0 Å². The molecule has 0 saturated heterocycles. The quantitative estimate of drug-likeness (QED) is 0.605. The molecule has 6 nitrogen and oxygen atoms in total. The Morgan fingerprint density at radius 1 is 1.15 bits per heavy atom. The minimum atomic E-state index is -0.615. The first kappa shape index (κ1) is 24.2. The molecule has 0 bridgehead atoms. The van der Waals surface area contributed by atoms with Gasteiger partial charge in [0.2, 0.25) is 11.8 Å². The maximum atomic E-state index is 13.7. The summed E-state index contributed by atoms with van der Waals surface area (Å²) in [6.07, 6.45) is 1.23.